The number of nitrogens with two attached hydrogens (primary N) is 3. The van der Waals surface area contributed by atoms with Crippen molar-refractivity contribution in [3.8, 4) is 0 Å². The molecule has 1 saturated heterocycles. The highest BCUT2D eigenvalue weighted by atomic mass is 32.2. The maximum Gasteiger partial charge on any atom is 0.352 e. The smallest absolute Gasteiger partial charge is 0.352 e. The Morgan fingerprint density at radius 2 is 1.95 bits per heavy atom. The van der Waals surface area contributed by atoms with Gasteiger partial charge in [-0.25, -0.2) is 19.1 Å². The number of hydrogen-bond donors (Lipinski definition) is 6. The number of carbonyl (C=O) groups excluding carboxylic acids is 2. The summed E-state index contributed by atoms with van der Waals surface area (Å²) in [7, 11) is 0. The molecule has 4 rings (SSSR count). The molecule has 2 aromatic rings. The largest absolute Gasteiger partial charge is 0.478 e. The van der Waals surface area contributed by atoms with E-state index >= 15 is 0 Å². The number of nitrogens with one attached hydrogen (secondary N) is 1. The minimum Gasteiger partial charge on any atom is -0.478 e. The minimum atomic E-state index is -1.77. The van der Waals surface area contributed by atoms with Gasteiger partial charge in [0.1, 0.15) is 22.8 Å². The van der Waals surface area contributed by atoms with Crippen molar-refractivity contribution in [1.29, 1.82) is 0 Å². The van der Waals surface area contributed by atoms with Gasteiger partial charge in [-0.2, -0.15) is 0 Å². The number of fused-ring (bicyclic) bond motifs is 1. The van der Waals surface area contributed by atoms with Crippen LogP contribution in [0, 0.1) is 0 Å². The minimum absolute atomic E-state index is 0.0164. The van der Waals surface area contributed by atoms with E-state index in [0.717, 1.165) is 21.8 Å². The van der Waals surface area contributed by atoms with Crippen LogP contribution >= 0.6 is 34.9 Å². The average Bonchev–Trinajstić information content (AvgIpc) is 3.39. The van der Waals surface area contributed by atoms with Crippen molar-refractivity contribution < 1.29 is 38.8 Å². The second-order valence-corrected chi connectivity index (χ2v) is 13.0. The summed E-state index contributed by atoms with van der Waals surface area (Å²) in [5.41, 5.74) is 17.0. The monoisotopic (exact) mass is 666 g/mol. The van der Waals surface area contributed by atoms with E-state index < -0.39 is 46.5 Å². The number of anilines is 3. The number of amides is 2. The third kappa shape index (κ3) is 6.25. The molecule has 2 aromatic heterocycles. The number of carbonyl (C=O) groups is 4. The number of nitrogens with zero attached hydrogens (tertiary/aromatic N) is 5. The van der Waals surface area contributed by atoms with E-state index in [0.29, 0.717) is 35.3 Å². The lowest BCUT2D eigenvalue weighted by Gasteiger charge is -2.49. The molecule has 1 unspecified atom stereocenters. The Kier molecular flexibility index (Phi) is 9.59. The van der Waals surface area contributed by atoms with Crippen molar-refractivity contribution in [2.75, 3.05) is 28.7 Å². The second kappa shape index (κ2) is 12.9. The van der Waals surface area contributed by atoms with Gasteiger partial charge in [-0.3, -0.25) is 14.5 Å². The molecule has 0 aliphatic carbocycles. The Morgan fingerprint density at radius 1 is 1.25 bits per heavy atom. The molecule has 9 N–H and O–H groups in total. The summed E-state index contributed by atoms with van der Waals surface area (Å²) in [4.78, 5) is 65.1. The molecule has 2 amide bonds. The van der Waals surface area contributed by atoms with Crippen LogP contribution in [0.5, 0.6) is 0 Å². The number of thioether (sulfide) groups is 2. The van der Waals surface area contributed by atoms with Crippen molar-refractivity contribution >= 4 is 81.1 Å². The maximum atomic E-state index is 13.3. The Balaban J connectivity index is 1.55. The van der Waals surface area contributed by atoms with Gasteiger partial charge in [0.2, 0.25) is 17.2 Å². The van der Waals surface area contributed by atoms with E-state index in [-0.39, 0.29) is 28.0 Å². The van der Waals surface area contributed by atoms with Crippen LogP contribution in [0.1, 0.15) is 39.0 Å². The summed E-state index contributed by atoms with van der Waals surface area (Å²) < 4.78 is 1.80. The molecule has 236 valence electrons. The van der Waals surface area contributed by atoms with E-state index in [4.69, 9.17) is 22.0 Å². The first kappa shape index (κ1) is 32.8. The van der Waals surface area contributed by atoms with Gasteiger partial charge in [-0.1, -0.05) is 17.1 Å². The zero-order valence-electron chi connectivity index (χ0n) is 24.2. The van der Waals surface area contributed by atoms with Gasteiger partial charge in [0.25, 0.3) is 11.8 Å². The normalized spacial score (nSPS) is 18.5. The molecular weight excluding hydrogens is 635 g/mol. The van der Waals surface area contributed by atoms with E-state index in [2.05, 4.69) is 20.4 Å². The lowest BCUT2D eigenvalue weighted by atomic mass is 10.0. The zero-order valence-corrected chi connectivity index (χ0v) is 26.6. The number of aliphatic carboxylic acids is 2. The van der Waals surface area contributed by atoms with E-state index in [1.165, 1.54) is 42.8 Å². The predicted molar refractivity (Wildman–Crippen MR) is 165 cm³/mol. The number of aromatic nitrogens is 3. The van der Waals surface area contributed by atoms with Crippen molar-refractivity contribution in [3.05, 3.63) is 27.9 Å². The number of β-lactam (4-membered cyclic amide) rings is 1. The number of carboxylic acid groups (broad SMARTS) is 2. The zero-order chi connectivity index (χ0) is 32.5. The summed E-state index contributed by atoms with van der Waals surface area (Å²) >= 11 is 3.57. The number of thiazole rings is 1. The molecule has 0 saturated carbocycles. The lowest BCUT2D eigenvalue weighted by Crippen LogP contribution is -2.71. The first-order valence-corrected chi connectivity index (χ1v) is 16.1. The van der Waals surface area contributed by atoms with Crippen LogP contribution in [0.15, 0.2) is 27.0 Å². The molecule has 2 atom stereocenters. The van der Waals surface area contributed by atoms with Gasteiger partial charge >= 0.3 is 17.1 Å². The summed E-state index contributed by atoms with van der Waals surface area (Å²) in [5, 5.41) is 27.1. The molecule has 2 aliphatic heterocycles. The Hall–Kier alpha value is -4.10. The van der Waals surface area contributed by atoms with Gasteiger partial charge in [0, 0.05) is 16.9 Å². The molecule has 0 aromatic carbocycles. The fourth-order valence-corrected chi connectivity index (χ4v) is 7.47. The van der Waals surface area contributed by atoms with Crippen molar-refractivity contribution in [3.63, 3.8) is 0 Å². The summed E-state index contributed by atoms with van der Waals surface area (Å²) in [6.07, 6.45) is 0.606. The second-order valence-electron chi connectivity index (χ2n) is 10.1. The average molecular weight is 667 g/mol. The fraction of sp³-hybridized carbons (Fsp3) is 0.440. The van der Waals surface area contributed by atoms with Crippen LogP contribution in [0.2, 0.25) is 0 Å². The third-order valence-electron chi connectivity index (χ3n) is 6.80. The summed E-state index contributed by atoms with van der Waals surface area (Å²) in [6.45, 7) is 6.85. The van der Waals surface area contributed by atoms with Gasteiger partial charge in [0.05, 0.1) is 12.1 Å². The van der Waals surface area contributed by atoms with Crippen LogP contribution in [0.4, 0.5) is 16.8 Å². The standard InChI is InChI=1S/C25H31N9O7S3/c1-5-11-16(26)31-24(33(6-2)17(11)27)44-8-10-7-42-20-14(19(36)34(20)15(10)21(37)38)30-18(35)13(12-9-43-23(28)29-12)32-41-25(3,4)22(39)40/h9,14,20H,5-8H2,1-4H3,(H8,26,27,28,29,30,35,37,38,39,40)/p+1/b32-13-/t14?,20-/m1/s1. The van der Waals surface area contributed by atoms with Crippen LogP contribution < -0.4 is 27.1 Å². The molecule has 2 aliphatic rings. The number of carboxylic acids is 2. The molecule has 16 nitrogen and oxygen atoms in total. The Morgan fingerprint density at radius 3 is 2.52 bits per heavy atom. The first-order chi connectivity index (χ1) is 20.7. The third-order valence-corrected chi connectivity index (χ3v) is 9.87. The highest BCUT2D eigenvalue weighted by Crippen LogP contribution is 2.41. The topological polar surface area (TPSA) is 253 Å². The molecule has 44 heavy (non-hydrogen) atoms. The van der Waals surface area contributed by atoms with Gasteiger partial charge in [0.15, 0.2) is 10.8 Å². The van der Waals surface area contributed by atoms with Crippen LogP contribution in [-0.2, 0) is 37.0 Å². The van der Waals surface area contributed by atoms with Crippen LogP contribution in [-0.4, -0.2) is 83.1 Å². The van der Waals surface area contributed by atoms with Crippen molar-refractivity contribution in [1.82, 2.24) is 20.2 Å². The molecule has 1 fully saturated rings. The van der Waals surface area contributed by atoms with Gasteiger partial charge in [-0.15, -0.1) is 23.1 Å². The Labute approximate surface area is 264 Å². The van der Waals surface area contributed by atoms with E-state index in [9.17, 15) is 29.4 Å². The van der Waals surface area contributed by atoms with Crippen LogP contribution in [0.25, 0.3) is 0 Å². The number of rotatable bonds is 12. The molecule has 0 bridgehead atoms. The van der Waals surface area contributed by atoms with Gasteiger partial charge < -0.3 is 37.6 Å². The fourth-order valence-electron chi connectivity index (χ4n) is 4.36. The summed E-state index contributed by atoms with van der Waals surface area (Å²) in [6, 6.07) is -1.09. The molecule has 0 spiro atoms. The van der Waals surface area contributed by atoms with Crippen molar-refractivity contribution in [2.24, 2.45) is 5.16 Å². The lowest BCUT2D eigenvalue weighted by molar-refractivity contribution is -0.720. The number of oxime groups is 1. The quantitative estimate of drug-likeness (QED) is 0.0444. The number of nitrogen functional groups attached to an aromatic ring is 3. The molecule has 19 heteroatoms. The van der Waals surface area contributed by atoms with Gasteiger partial charge in [-0.05, 0) is 44.5 Å². The number of hydrogen-bond acceptors (Lipinski definition) is 14. The maximum absolute atomic E-state index is 13.3. The highest BCUT2D eigenvalue weighted by molar-refractivity contribution is 8.01. The van der Waals surface area contributed by atoms with E-state index in [1.807, 2.05) is 13.8 Å². The van der Waals surface area contributed by atoms with E-state index in [1.54, 1.807) is 4.57 Å². The predicted octanol–water partition coefficient (Wildman–Crippen LogP) is 0.269. The Bertz CT molecular complexity index is 1590. The van der Waals surface area contributed by atoms with Crippen molar-refractivity contribution in [2.45, 2.75) is 62.8 Å². The van der Waals surface area contributed by atoms with Crippen LogP contribution in [0.3, 0.4) is 0 Å². The highest BCUT2D eigenvalue weighted by Gasteiger charge is 2.54. The SMILES string of the molecule is CCc1c(N)nc(SCC2=C(C(=O)O)N3C(=O)C(NC(=O)/C(=N\OC(C)(C)C(=O)O)c4csc(N)n4)[C@H]3SC2)[n+](CC)c1N. The first-order valence-electron chi connectivity index (χ1n) is 13.2. The molecular formula is C25H32N9O7S3+. The molecule has 0 radical (unpaired) electrons. The molecule has 4 heterocycles. The summed E-state index contributed by atoms with van der Waals surface area (Å²) in [5.74, 6) is -2.86.